The average Bonchev–Trinajstić information content (AvgIpc) is 3.25. The van der Waals surface area contributed by atoms with E-state index in [4.69, 9.17) is 8.83 Å². The minimum atomic E-state index is -0.439. The minimum absolute atomic E-state index is 0.260. The maximum absolute atomic E-state index is 12.8. The molecular formula is C21H19N3O4. The smallest absolute Gasteiger partial charge is 0.420 e. The van der Waals surface area contributed by atoms with Gasteiger partial charge in [-0.15, -0.1) is 0 Å². The van der Waals surface area contributed by atoms with Crippen LogP contribution in [0.5, 0.6) is 0 Å². The standard InChI is InChI=1S/C21H19N3O4/c1-14-18(22-19(27-14)15-8-4-3-5-9-15)20(25)23(2)12-13-24-16-10-6-7-11-17(16)28-21(24)26/h3-11H,12-13H2,1-2H3. The van der Waals surface area contributed by atoms with E-state index in [0.717, 1.165) is 5.56 Å². The molecule has 0 saturated heterocycles. The predicted molar refractivity (Wildman–Crippen MR) is 104 cm³/mol. The zero-order valence-corrected chi connectivity index (χ0v) is 15.6. The summed E-state index contributed by atoms with van der Waals surface area (Å²) in [5, 5.41) is 0. The second-order valence-electron chi connectivity index (χ2n) is 6.50. The van der Waals surface area contributed by atoms with Crippen LogP contribution in [0.15, 0.2) is 68.2 Å². The van der Waals surface area contributed by atoms with Crippen LogP contribution in [0.3, 0.4) is 0 Å². The Balaban J connectivity index is 1.52. The van der Waals surface area contributed by atoms with Gasteiger partial charge in [0.2, 0.25) is 5.89 Å². The quantitative estimate of drug-likeness (QED) is 0.533. The summed E-state index contributed by atoms with van der Waals surface area (Å²) in [6, 6.07) is 16.6. The first-order chi connectivity index (χ1) is 13.5. The van der Waals surface area contributed by atoms with E-state index in [9.17, 15) is 9.59 Å². The van der Waals surface area contributed by atoms with Crippen LogP contribution >= 0.6 is 0 Å². The molecule has 0 bridgehead atoms. The van der Waals surface area contributed by atoms with E-state index in [-0.39, 0.29) is 11.6 Å². The second kappa shape index (κ2) is 7.19. The first-order valence-electron chi connectivity index (χ1n) is 8.91. The van der Waals surface area contributed by atoms with Crippen molar-refractivity contribution < 1.29 is 13.6 Å². The highest BCUT2D eigenvalue weighted by molar-refractivity contribution is 5.93. The molecule has 2 heterocycles. The number of carbonyl (C=O) groups excluding carboxylic acids is 1. The summed E-state index contributed by atoms with van der Waals surface area (Å²) in [6.07, 6.45) is 0. The fraction of sp³-hybridized carbons (Fsp3) is 0.190. The third-order valence-corrected chi connectivity index (χ3v) is 4.60. The van der Waals surface area contributed by atoms with Gasteiger partial charge >= 0.3 is 5.76 Å². The lowest BCUT2D eigenvalue weighted by atomic mass is 10.2. The number of hydrogen-bond acceptors (Lipinski definition) is 5. The molecule has 2 aromatic carbocycles. The number of benzene rings is 2. The Kier molecular flexibility index (Phi) is 4.57. The monoisotopic (exact) mass is 377 g/mol. The molecule has 0 aliphatic carbocycles. The van der Waals surface area contributed by atoms with Gasteiger partial charge in [-0.1, -0.05) is 30.3 Å². The minimum Gasteiger partial charge on any atom is -0.441 e. The lowest BCUT2D eigenvalue weighted by molar-refractivity contribution is 0.0783. The van der Waals surface area contributed by atoms with Gasteiger partial charge in [0.25, 0.3) is 5.91 Å². The summed E-state index contributed by atoms with van der Waals surface area (Å²) in [5.74, 6) is 0.170. The van der Waals surface area contributed by atoms with E-state index in [0.29, 0.717) is 35.8 Å². The summed E-state index contributed by atoms with van der Waals surface area (Å²) in [6.45, 7) is 2.37. The third kappa shape index (κ3) is 3.22. The van der Waals surface area contributed by atoms with Crippen LogP contribution in [0.1, 0.15) is 16.2 Å². The van der Waals surface area contributed by atoms with Crippen molar-refractivity contribution in [2.45, 2.75) is 13.5 Å². The van der Waals surface area contributed by atoms with Crippen LogP contribution in [-0.4, -0.2) is 34.0 Å². The summed E-state index contributed by atoms with van der Waals surface area (Å²) >= 11 is 0. The summed E-state index contributed by atoms with van der Waals surface area (Å²) in [7, 11) is 1.67. The lowest BCUT2D eigenvalue weighted by Crippen LogP contribution is -2.32. The normalized spacial score (nSPS) is 11.1. The molecule has 0 saturated carbocycles. The zero-order valence-electron chi connectivity index (χ0n) is 15.6. The van der Waals surface area contributed by atoms with Crippen molar-refractivity contribution in [1.82, 2.24) is 14.5 Å². The molecule has 0 aliphatic rings. The highest BCUT2D eigenvalue weighted by Crippen LogP contribution is 2.22. The Morgan fingerprint density at radius 3 is 2.57 bits per heavy atom. The van der Waals surface area contributed by atoms with Crippen molar-refractivity contribution in [1.29, 1.82) is 0 Å². The molecule has 4 rings (SSSR count). The van der Waals surface area contributed by atoms with Crippen LogP contribution in [0.25, 0.3) is 22.6 Å². The Morgan fingerprint density at radius 2 is 1.79 bits per heavy atom. The van der Waals surface area contributed by atoms with Gasteiger partial charge in [-0.05, 0) is 31.2 Å². The Labute approximate surface area is 160 Å². The van der Waals surface area contributed by atoms with E-state index >= 15 is 0 Å². The molecule has 0 spiro atoms. The van der Waals surface area contributed by atoms with Crippen LogP contribution in [0.2, 0.25) is 0 Å². The van der Waals surface area contributed by atoms with E-state index in [1.165, 1.54) is 9.47 Å². The zero-order chi connectivity index (χ0) is 19.7. The fourth-order valence-electron chi connectivity index (χ4n) is 3.06. The number of para-hydroxylation sites is 2. The van der Waals surface area contributed by atoms with Crippen LogP contribution in [-0.2, 0) is 6.54 Å². The Bertz CT molecular complexity index is 1190. The number of rotatable bonds is 5. The van der Waals surface area contributed by atoms with Crippen molar-refractivity contribution in [2.24, 2.45) is 0 Å². The highest BCUT2D eigenvalue weighted by atomic mass is 16.4. The maximum atomic E-state index is 12.8. The van der Waals surface area contributed by atoms with E-state index in [1.54, 1.807) is 20.0 Å². The van der Waals surface area contributed by atoms with E-state index < -0.39 is 5.76 Å². The topological polar surface area (TPSA) is 81.5 Å². The number of amides is 1. The maximum Gasteiger partial charge on any atom is 0.420 e. The number of likely N-dealkylation sites (N-methyl/N-ethyl adjacent to an activating group) is 1. The molecule has 0 N–H and O–H groups in total. The number of carbonyl (C=O) groups is 1. The second-order valence-corrected chi connectivity index (χ2v) is 6.50. The van der Waals surface area contributed by atoms with Gasteiger partial charge in [0.05, 0.1) is 5.52 Å². The summed E-state index contributed by atoms with van der Waals surface area (Å²) < 4.78 is 12.4. The molecule has 142 valence electrons. The molecule has 7 nitrogen and oxygen atoms in total. The number of nitrogens with zero attached hydrogens (tertiary/aromatic N) is 3. The summed E-state index contributed by atoms with van der Waals surface area (Å²) in [5.41, 5.74) is 2.31. The van der Waals surface area contributed by atoms with Gasteiger partial charge in [0.1, 0.15) is 5.76 Å². The Morgan fingerprint density at radius 1 is 1.07 bits per heavy atom. The first kappa shape index (κ1) is 17.8. The molecule has 1 amide bonds. The van der Waals surface area contributed by atoms with E-state index in [1.807, 2.05) is 48.5 Å². The predicted octanol–water partition coefficient (Wildman–Crippen LogP) is 3.33. The molecule has 0 unspecified atom stereocenters. The summed E-state index contributed by atoms with van der Waals surface area (Å²) in [4.78, 5) is 30.8. The van der Waals surface area contributed by atoms with Gasteiger partial charge in [0, 0.05) is 25.7 Å². The first-order valence-corrected chi connectivity index (χ1v) is 8.91. The SMILES string of the molecule is Cc1oc(-c2ccccc2)nc1C(=O)N(C)CCn1c(=O)oc2ccccc21. The number of fused-ring (bicyclic) bond motifs is 1. The molecular weight excluding hydrogens is 358 g/mol. The van der Waals surface area contributed by atoms with Crippen molar-refractivity contribution in [2.75, 3.05) is 13.6 Å². The highest BCUT2D eigenvalue weighted by Gasteiger charge is 2.21. The largest absolute Gasteiger partial charge is 0.441 e. The van der Waals surface area contributed by atoms with Crippen LogP contribution in [0.4, 0.5) is 0 Å². The van der Waals surface area contributed by atoms with Crippen LogP contribution in [0, 0.1) is 6.92 Å². The number of aromatic nitrogens is 2. The molecule has 0 fully saturated rings. The number of aryl methyl sites for hydroxylation is 1. The van der Waals surface area contributed by atoms with Crippen molar-refractivity contribution in [3.8, 4) is 11.5 Å². The molecule has 0 atom stereocenters. The molecule has 0 aliphatic heterocycles. The van der Waals surface area contributed by atoms with Gasteiger partial charge in [-0.3, -0.25) is 9.36 Å². The molecule has 0 radical (unpaired) electrons. The molecule has 7 heteroatoms. The van der Waals surface area contributed by atoms with Gasteiger partial charge in [-0.2, -0.15) is 0 Å². The third-order valence-electron chi connectivity index (χ3n) is 4.60. The molecule has 4 aromatic rings. The molecule has 2 aromatic heterocycles. The van der Waals surface area contributed by atoms with Crippen LogP contribution < -0.4 is 5.76 Å². The van der Waals surface area contributed by atoms with E-state index in [2.05, 4.69) is 4.98 Å². The molecule has 28 heavy (non-hydrogen) atoms. The van der Waals surface area contributed by atoms with Gasteiger partial charge in [-0.25, -0.2) is 9.78 Å². The lowest BCUT2D eigenvalue weighted by Gasteiger charge is -2.16. The van der Waals surface area contributed by atoms with Gasteiger partial charge < -0.3 is 13.7 Å². The Hall–Kier alpha value is -3.61. The fourth-order valence-corrected chi connectivity index (χ4v) is 3.06. The number of hydrogen-bond donors (Lipinski definition) is 0. The van der Waals surface area contributed by atoms with Gasteiger partial charge in [0.15, 0.2) is 11.3 Å². The van der Waals surface area contributed by atoms with Crippen molar-refractivity contribution in [3.05, 3.63) is 76.6 Å². The van der Waals surface area contributed by atoms with Crippen molar-refractivity contribution >= 4 is 17.0 Å². The average molecular weight is 377 g/mol. The van der Waals surface area contributed by atoms with Crippen molar-refractivity contribution in [3.63, 3.8) is 0 Å². The number of oxazole rings is 2.